The average Bonchev–Trinajstić information content (AvgIpc) is 3.54. The van der Waals surface area contributed by atoms with E-state index in [1.807, 2.05) is 55.6 Å². The predicted molar refractivity (Wildman–Crippen MR) is 143 cm³/mol. The van der Waals surface area contributed by atoms with Gasteiger partial charge in [-0.15, -0.1) is 0 Å². The van der Waals surface area contributed by atoms with Crippen molar-refractivity contribution in [3.05, 3.63) is 71.4 Å². The number of carbonyl (C=O) groups is 2. The van der Waals surface area contributed by atoms with Crippen LogP contribution in [0.4, 0.5) is 0 Å². The molecule has 0 spiro atoms. The maximum atomic E-state index is 12.9. The second-order valence-corrected chi connectivity index (χ2v) is 9.44. The Labute approximate surface area is 216 Å². The number of aryl methyl sites for hydroxylation is 1. The van der Waals surface area contributed by atoms with Crippen LogP contribution in [0.5, 0.6) is 0 Å². The van der Waals surface area contributed by atoms with Crippen molar-refractivity contribution in [1.82, 2.24) is 25.3 Å². The van der Waals surface area contributed by atoms with Gasteiger partial charge in [-0.1, -0.05) is 61.7 Å². The lowest BCUT2D eigenvalue weighted by atomic mass is 10.0. The molecule has 0 radical (unpaired) electrons. The van der Waals surface area contributed by atoms with Crippen molar-refractivity contribution in [2.24, 2.45) is 0 Å². The molecular weight excluding hydrogens is 474 g/mol. The number of nitrogens with one attached hydrogen (secondary N) is 3. The summed E-state index contributed by atoms with van der Waals surface area (Å²) in [5.74, 6) is 1.73. The Kier molecular flexibility index (Phi) is 8.90. The van der Waals surface area contributed by atoms with Crippen LogP contribution < -0.4 is 5.32 Å². The van der Waals surface area contributed by atoms with Crippen molar-refractivity contribution in [3.63, 3.8) is 0 Å². The number of benzene rings is 2. The molecule has 0 aliphatic rings. The van der Waals surface area contributed by atoms with E-state index in [4.69, 9.17) is 11.6 Å². The van der Waals surface area contributed by atoms with Crippen LogP contribution in [0, 0.1) is 0 Å². The summed E-state index contributed by atoms with van der Waals surface area (Å²) in [6, 6.07) is 15.3. The van der Waals surface area contributed by atoms with E-state index in [2.05, 4.69) is 25.3 Å². The van der Waals surface area contributed by atoms with Crippen molar-refractivity contribution >= 4 is 34.3 Å². The molecule has 0 bridgehead atoms. The summed E-state index contributed by atoms with van der Waals surface area (Å²) in [6.45, 7) is 1.90. The Balaban J connectivity index is 1.38. The van der Waals surface area contributed by atoms with Gasteiger partial charge in [0.2, 0.25) is 5.91 Å². The molecule has 4 aromatic rings. The van der Waals surface area contributed by atoms with E-state index >= 15 is 0 Å². The van der Waals surface area contributed by atoms with E-state index in [0.717, 1.165) is 59.6 Å². The third-order valence-electron chi connectivity index (χ3n) is 6.27. The minimum atomic E-state index is -0.230. The topological polar surface area (TPSA) is 104 Å². The first-order valence-electron chi connectivity index (χ1n) is 12.6. The molecule has 1 atom stereocenters. The Morgan fingerprint density at radius 2 is 1.86 bits per heavy atom. The first kappa shape index (κ1) is 25.6. The van der Waals surface area contributed by atoms with Gasteiger partial charge in [0.25, 0.3) is 0 Å². The van der Waals surface area contributed by atoms with Crippen LogP contribution in [-0.2, 0) is 16.0 Å². The van der Waals surface area contributed by atoms with E-state index in [1.165, 1.54) is 0 Å². The number of unbranched alkanes of at least 4 members (excludes halogenated alkanes) is 2. The fourth-order valence-corrected chi connectivity index (χ4v) is 4.40. The Bertz CT molecular complexity index is 1300. The van der Waals surface area contributed by atoms with Crippen LogP contribution >= 0.6 is 11.6 Å². The highest BCUT2D eigenvalue weighted by Crippen LogP contribution is 2.23. The normalized spacial score (nSPS) is 12.1. The smallest absolute Gasteiger partial charge is 0.221 e. The SMILES string of the molecule is CCC(=O)CCCCC[C@H](NC(=O)CCc1nc2ccc(Cl)cc2[nH]1)c1ncc(-c2ccccc2)[nH]1. The number of H-pyrrole nitrogens is 2. The maximum Gasteiger partial charge on any atom is 0.221 e. The van der Waals surface area contributed by atoms with Crippen LogP contribution in [0.25, 0.3) is 22.3 Å². The third kappa shape index (κ3) is 7.04. The quantitative estimate of drug-likeness (QED) is 0.185. The molecule has 0 fully saturated rings. The minimum absolute atomic E-state index is 0.0580. The number of ketones is 1. The zero-order valence-corrected chi connectivity index (χ0v) is 21.3. The molecule has 4 rings (SSSR count). The average molecular weight is 506 g/mol. The van der Waals surface area contributed by atoms with E-state index in [-0.39, 0.29) is 11.9 Å². The summed E-state index contributed by atoms with van der Waals surface area (Å²) in [4.78, 5) is 40.3. The Hall–Kier alpha value is -3.45. The summed E-state index contributed by atoms with van der Waals surface area (Å²) in [5, 5.41) is 3.80. The van der Waals surface area contributed by atoms with Crippen molar-refractivity contribution in [2.75, 3.05) is 0 Å². The molecule has 8 heteroatoms. The van der Waals surface area contributed by atoms with Gasteiger partial charge in [-0.3, -0.25) is 9.59 Å². The van der Waals surface area contributed by atoms with Gasteiger partial charge < -0.3 is 15.3 Å². The lowest BCUT2D eigenvalue weighted by Crippen LogP contribution is -2.29. The van der Waals surface area contributed by atoms with Crippen LogP contribution in [0.15, 0.2) is 54.7 Å². The van der Waals surface area contributed by atoms with Crippen molar-refractivity contribution in [2.45, 2.75) is 64.3 Å². The van der Waals surface area contributed by atoms with E-state index in [0.29, 0.717) is 36.5 Å². The van der Waals surface area contributed by atoms with Crippen molar-refractivity contribution < 1.29 is 9.59 Å². The first-order valence-corrected chi connectivity index (χ1v) is 12.9. The molecule has 0 saturated carbocycles. The number of nitrogens with zero attached hydrogens (tertiary/aromatic N) is 2. The van der Waals surface area contributed by atoms with Crippen LogP contribution in [0.1, 0.15) is 69.6 Å². The molecule has 36 heavy (non-hydrogen) atoms. The highest BCUT2D eigenvalue weighted by atomic mass is 35.5. The first-order chi connectivity index (χ1) is 17.5. The number of carbonyl (C=O) groups excluding carboxylic acids is 2. The number of hydrogen-bond donors (Lipinski definition) is 3. The van der Waals surface area contributed by atoms with Crippen LogP contribution in [0.2, 0.25) is 5.02 Å². The minimum Gasteiger partial charge on any atom is -0.346 e. The van der Waals surface area contributed by atoms with E-state index < -0.39 is 0 Å². The number of imidazole rings is 2. The number of halogens is 1. The largest absolute Gasteiger partial charge is 0.346 e. The number of rotatable bonds is 13. The van der Waals surface area contributed by atoms with Gasteiger partial charge >= 0.3 is 0 Å². The van der Waals surface area contributed by atoms with Gasteiger partial charge in [0.1, 0.15) is 17.4 Å². The van der Waals surface area contributed by atoms with Gasteiger partial charge in [-0.2, -0.15) is 0 Å². The molecule has 3 N–H and O–H groups in total. The molecule has 0 aliphatic heterocycles. The standard InChI is InChI=1S/C28H32ClN5O2/c1-2-21(35)11-7-4-8-12-23(28-30-18-25(34-28)19-9-5-3-6-10-19)33-27(36)16-15-26-31-22-14-13-20(29)17-24(22)32-26/h3,5-6,9-10,13-14,17-18,23H,2,4,7-8,11-12,15-16H2,1H3,(H,30,34)(H,31,32)(H,33,36)/t23-/m0/s1. The van der Waals surface area contributed by atoms with Gasteiger partial charge in [-0.25, -0.2) is 9.97 Å². The monoisotopic (exact) mass is 505 g/mol. The number of amides is 1. The zero-order valence-electron chi connectivity index (χ0n) is 20.5. The van der Waals surface area contributed by atoms with Gasteiger partial charge in [0.05, 0.1) is 29.0 Å². The van der Waals surface area contributed by atoms with Crippen molar-refractivity contribution in [1.29, 1.82) is 0 Å². The number of fused-ring (bicyclic) bond motifs is 1. The second-order valence-electron chi connectivity index (χ2n) is 9.00. The van der Waals surface area contributed by atoms with E-state index in [1.54, 1.807) is 6.07 Å². The summed E-state index contributed by atoms with van der Waals surface area (Å²) in [5.41, 5.74) is 3.66. The lowest BCUT2D eigenvalue weighted by molar-refractivity contribution is -0.122. The Morgan fingerprint density at radius 1 is 1.03 bits per heavy atom. The number of hydrogen-bond acceptors (Lipinski definition) is 4. The second kappa shape index (κ2) is 12.5. The zero-order chi connectivity index (χ0) is 25.3. The van der Waals surface area contributed by atoms with Gasteiger partial charge in [-0.05, 0) is 36.6 Å². The molecule has 0 unspecified atom stereocenters. The molecule has 0 aliphatic carbocycles. The molecule has 1 amide bonds. The number of aromatic amines is 2. The van der Waals surface area contributed by atoms with Crippen LogP contribution in [-0.4, -0.2) is 31.6 Å². The van der Waals surface area contributed by atoms with Crippen LogP contribution in [0.3, 0.4) is 0 Å². The summed E-state index contributed by atoms with van der Waals surface area (Å²) >= 11 is 6.06. The summed E-state index contributed by atoms with van der Waals surface area (Å²) in [7, 11) is 0. The molecule has 0 saturated heterocycles. The number of aromatic nitrogens is 4. The van der Waals surface area contributed by atoms with E-state index in [9.17, 15) is 9.59 Å². The van der Waals surface area contributed by atoms with Crippen molar-refractivity contribution in [3.8, 4) is 11.3 Å². The number of Topliss-reactive ketones (excluding diaryl/α,β-unsaturated/α-hetero) is 1. The highest BCUT2D eigenvalue weighted by molar-refractivity contribution is 6.31. The fourth-order valence-electron chi connectivity index (χ4n) is 4.23. The Morgan fingerprint density at radius 3 is 2.67 bits per heavy atom. The molecule has 188 valence electrons. The molecule has 2 heterocycles. The van der Waals surface area contributed by atoms with Gasteiger partial charge in [0, 0.05) is 30.7 Å². The fraction of sp³-hybridized carbons (Fsp3) is 0.357. The predicted octanol–water partition coefficient (Wildman–Crippen LogP) is 6.33. The summed E-state index contributed by atoms with van der Waals surface area (Å²) < 4.78 is 0. The lowest BCUT2D eigenvalue weighted by Gasteiger charge is -2.17. The molecule has 7 nitrogen and oxygen atoms in total. The molecule has 2 aromatic carbocycles. The summed E-state index contributed by atoms with van der Waals surface area (Å²) in [6.07, 6.45) is 7.27. The highest BCUT2D eigenvalue weighted by Gasteiger charge is 2.19. The maximum absolute atomic E-state index is 12.9. The molecular formula is C28H32ClN5O2. The van der Waals surface area contributed by atoms with Gasteiger partial charge in [0.15, 0.2) is 0 Å². The molecule has 2 aromatic heterocycles. The third-order valence-corrected chi connectivity index (χ3v) is 6.51.